The highest BCUT2D eigenvalue weighted by atomic mass is 28.4. The number of aliphatic hydroxyl groups is 2. The molecule has 4 rings (SSSR count). The molecule has 7 heteroatoms. The van der Waals surface area contributed by atoms with Crippen LogP contribution < -0.4 is 0 Å². The Morgan fingerprint density at radius 3 is 1.80 bits per heavy atom. The van der Waals surface area contributed by atoms with Crippen molar-refractivity contribution in [1.29, 1.82) is 0 Å². The molecule has 0 aromatic carbocycles. The molecule has 0 radical (unpaired) electrons. The van der Waals surface area contributed by atoms with Gasteiger partial charge in [-0.2, -0.15) is 0 Å². The number of hydrogen-bond acceptors (Lipinski definition) is 6. The summed E-state index contributed by atoms with van der Waals surface area (Å²) in [5, 5.41) is 20.5. The average molecular weight is 304 g/mol. The summed E-state index contributed by atoms with van der Waals surface area (Å²) in [6.07, 6.45) is -3.83. The van der Waals surface area contributed by atoms with Gasteiger partial charge in [0.25, 0.3) is 6.48 Å². The molecule has 0 spiro atoms. The normalized spacial score (nSPS) is 47.9. The molecule has 2 N–H and O–H groups in total. The van der Waals surface area contributed by atoms with Gasteiger partial charge < -0.3 is 28.8 Å². The molecule has 4 aliphatic rings. The molecule has 0 aromatic rings. The molecule has 6 nitrogen and oxygen atoms in total. The van der Waals surface area contributed by atoms with Crippen molar-refractivity contribution < 1.29 is 28.8 Å². The van der Waals surface area contributed by atoms with Crippen molar-refractivity contribution in [2.24, 2.45) is 0 Å². The van der Waals surface area contributed by atoms with Crippen molar-refractivity contribution in [2.45, 2.75) is 82.0 Å². The molecule has 3 aliphatic heterocycles. The van der Waals surface area contributed by atoms with Crippen LogP contribution in [0.2, 0.25) is 18.1 Å². The van der Waals surface area contributed by atoms with Gasteiger partial charge in [0.2, 0.25) is 0 Å². The second kappa shape index (κ2) is 4.49. The van der Waals surface area contributed by atoms with Crippen molar-refractivity contribution in [3.8, 4) is 0 Å². The largest absolute Gasteiger partial charge is 0.408 e. The first kappa shape index (κ1) is 14.9. The van der Waals surface area contributed by atoms with E-state index in [1.165, 1.54) is 0 Å². The molecule has 20 heavy (non-hydrogen) atoms. The molecule has 4 fully saturated rings. The van der Waals surface area contributed by atoms with E-state index in [4.69, 9.17) is 18.6 Å². The van der Waals surface area contributed by atoms with E-state index in [-0.39, 0.29) is 5.04 Å². The first-order valence-electron chi connectivity index (χ1n) is 7.12. The highest BCUT2D eigenvalue weighted by Gasteiger charge is 2.63. The van der Waals surface area contributed by atoms with Gasteiger partial charge in [-0.05, 0) is 18.1 Å². The monoisotopic (exact) mass is 304 g/mol. The number of hydrogen-bond donors (Lipinski definition) is 2. The van der Waals surface area contributed by atoms with Gasteiger partial charge in [0.1, 0.15) is 36.6 Å². The summed E-state index contributed by atoms with van der Waals surface area (Å²) in [6, 6.07) is 0. The Bertz CT molecular complexity index is 375. The van der Waals surface area contributed by atoms with Gasteiger partial charge in [0, 0.05) is 0 Å². The summed E-state index contributed by atoms with van der Waals surface area (Å²) in [7, 11) is -2.05. The van der Waals surface area contributed by atoms with Gasteiger partial charge in [-0.25, -0.2) is 0 Å². The highest BCUT2D eigenvalue weighted by Crippen LogP contribution is 2.45. The van der Waals surface area contributed by atoms with Crippen LogP contribution in [-0.2, 0) is 18.6 Å². The first-order chi connectivity index (χ1) is 9.12. The van der Waals surface area contributed by atoms with E-state index in [1.54, 1.807) is 0 Å². The van der Waals surface area contributed by atoms with Crippen LogP contribution in [0, 0.1) is 0 Å². The van der Waals surface area contributed by atoms with E-state index in [9.17, 15) is 10.2 Å². The maximum atomic E-state index is 10.2. The summed E-state index contributed by atoms with van der Waals surface area (Å²) in [4.78, 5) is 0. The van der Waals surface area contributed by atoms with Gasteiger partial charge in [0.15, 0.2) is 8.32 Å². The van der Waals surface area contributed by atoms with E-state index < -0.39 is 51.4 Å². The molecule has 0 aromatic heterocycles. The predicted octanol–water partition coefficient (Wildman–Crippen LogP) is 0.579. The molecule has 116 valence electrons. The standard InChI is InChI=1S/C13H24O6Si/c1-13(2,3)20(4,5)19-11-9-6(14)8-7(15)10(11)18-12(16-8)17-9/h6-12,14-15H,1-5H3/t6-,7+,8?,9-,10+,11?,12?. The van der Waals surface area contributed by atoms with Crippen LogP contribution in [0.5, 0.6) is 0 Å². The Kier molecular flexibility index (Phi) is 3.34. The fraction of sp³-hybridized carbons (Fsp3) is 1.00. The summed E-state index contributed by atoms with van der Waals surface area (Å²) in [5.74, 6) is 0. The molecule has 3 heterocycles. The minimum Gasteiger partial charge on any atom is -0.408 e. The van der Waals surface area contributed by atoms with Crippen LogP contribution in [0.25, 0.3) is 0 Å². The summed E-state index contributed by atoms with van der Waals surface area (Å²) >= 11 is 0. The zero-order valence-electron chi connectivity index (χ0n) is 12.6. The topological polar surface area (TPSA) is 77.4 Å². The number of rotatable bonds is 2. The van der Waals surface area contributed by atoms with Gasteiger partial charge in [-0.1, -0.05) is 20.8 Å². The van der Waals surface area contributed by atoms with E-state index in [2.05, 4.69) is 33.9 Å². The lowest BCUT2D eigenvalue weighted by Crippen LogP contribution is -2.76. The third-order valence-electron chi connectivity index (χ3n) is 5.04. The Balaban J connectivity index is 1.84. The molecule has 3 unspecified atom stereocenters. The third-order valence-corrected chi connectivity index (χ3v) is 9.51. The quantitative estimate of drug-likeness (QED) is 0.727. The molecule has 7 atom stereocenters. The van der Waals surface area contributed by atoms with E-state index in [1.807, 2.05) is 0 Å². The summed E-state index contributed by atoms with van der Waals surface area (Å²) < 4.78 is 22.7. The van der Waals surface area contributed by atoms with Gasteiger partial charge in [0.05, 0.1) is 0 Å². The molecule has 0 amide bonds. The van der Waals surface area contributed by atoms with Gasteiger partial charge >= 0.3 is 0 Å². The molecular weight excluding hydrogens is 280 g/mol. The number of aliphatic hydroxyl groups excluding tert-OH is 2. The van der Waals surface area contributed by atoms with Gasteiger partial charge in [-0.15, -0.1) is 0 Å². The molecule has 3 saturated heterocycles. The lowest BCUT2D eigenvalue weighted by molar-refractivity contribution is -0.479. The van der Waals surface area contributed by atoms with Crippen molar-refractivity contribution in [2.75, 3.05) is 0 Å². The van der Waals surface area contributed by atoms with Crippen LogP contribution in [0.4, 0.5) is 0 Å². The lowest BCUT2D eigenvalue weighted by atomic mass is 9.83. The van der Waals surface area contributed by atoms with Crippen LogP contribution in [0.15, 0.2) is 0 Å². The molecule has 1 aliphatic carbocycles. The van der Waals surface area contributed by atoms with Crippen LogP contribution in [0.3, 0.4) is 0 Å². The SMILES string of the molecule is CC(C)(C)[Si](C)(C)OC1[C@H]2OC3OC([C@@H](O)[C@H]1O3)[C@@H]2O. The lowest BCUT2D eigenvalue weighted by Gasteiger charge is -2.58. The first-order valence-corrected chi connectivity index (χ1v) is 10.0. The van der Waals surface area contributed by atoms with E-state index >= 15 is 0 Å². The van der Waals surface area contributed by atoms with Crippen LogP contribution in [0.1, 0.15) is 20.8 Å². The summed E-state index contributed by atoms with van der Waals surface area (Å²) in [6.45, 7) is 9.91. The summed E-state index contributed by atoms with van der Waals surface area (Å²) in [5.41, 5.74) is 0. The zero-order chi connectivity index (χ0) is 14.9. The maximum absolute atomic E-state index is 10.2. The maximum Gasteiger partial charge on any atom is 0.272 e. The van der Waals surface area contributed by atoms with Crippen LogP contribution in [-0.4, -0.2) is 61.6 Å². The number of ether oxygens (including phenoxy) is 3. The van der Waals surface area contributed by atoms with E-state index in [0.29, 0.717) is 0 Å². The Morgan fingerprint density at radius 2 is 1.35 bits per heavy atom. The minimum atomic E-state index is -2.05. The molecule has 4 bridgehead atoms. The fourth-order valence-corrected chi connectivity index (χ4v) is 4.06. The second-order valence-corrected chi connectivity index (χ2v) is 12.2. The van der Waals surface area contributed by atoms with E-state index in [0.717, 1.165) is 0 Å². The Morgan fingerprint density at radius 1 is 0.900 bits per heavy atom. The van der Waals surface area contributed by atoms with Crippen molar-refractivity contribution >= 4 is 8.32 Å². The average Bonchev–Trinajstić information content (AvgIpc) is 2.32. The molecular formula is C13H24O6Si. The smallest absolute Gasteiger partial charge is 0.272 e. The van der Waals surface area contributed by atoms with Crippen molar-refractivity contribution in [3.63, 3.8) is 0 Å². The Hall–Kier alpha value is -0.0231. The van der Waals surface area contributed by atoms with Crippen molar-refractivity contribution in [3.05, 3.63) is 0 Å². The highest BCUT2D eigenvalue weighted by molar-refractivity contribution is 6.74. The van der Waals surface area contributed by atoms with Crippen LogP contribution >= 0.6 is 0 Å². The molecule has 1 saturated carbocycles. The predicted molar refractivity (Wildman–Crippen MR) is 72.5 cm³/mol. The minimum absolute atomic E-state index is 0.0358. The second-order valence-electron chi connectivity index (χ2n) is 7.41. The van der Waals surface area contributed by atoms with Gasteiger partial charge in [-0.3, -0.25) is 0 Å². The zero-order valence-corrected chi connectivity index (χ0v) is 13.6. The fourth-order valence-electron chi connectivity index (χ4n) is 2.76. The Labute approximate surface area is 120 Å². The third kappa shape index (κ3) is 2.07. The van der Waals surface area contributed by atoms with Crippen molar-refractivity contribution in [1.82, 2.24) is 0 Å².